The van der Waals surface area contributed by atoms with Gasteiger partial charge in [-0.15, -0.1) is 0 Å². The maximum absolute atomic E-state index is 5.30. The van der Waals surface area contributed by atoms with E-state index in [-0.39, 0.29) is 5.41 Å². The summed E-state index contributed by atoms with van der Waals surface area (Å²) in [5, 5.41) is 11.6. The molecule has 5 heteroatoms. The molecule has 0 spiro atoms. The van der Waals surface area contributed by atoms with E-state index in [1.165, 1.54) is 5.56 Å². The Bertz CT molecular complexity index is 897. The van der Waals surface area contributed by atoms with E-state index < -0.39 is 0 Å². The Labute approximate surface area is 146 Å². The molecule has 0 bridgehead atoms. The van der Waals surface area contributed by atoms with Crippen LogP contribution in [0.2, 0.25) is 0 Å². The molecule has 0 radical (unpaired) electrons. The summed E-state index contributed by atoms with van der Waals surface area (Å²) in [6, 6.07) is 18.3. The number of hydrogen-bond donors (Lipinski definition) is 1. The number of rotatable bonds is 3. The van der Waals surface area contributed by atoms with Gasteiger partial charge in [-0.05, 0) is 28.8 Å². The summed E-state index contributed by atoms with van der Waals surface area (Å²) in [5.41, 5.74) is 3.38. The van der Waals surface area contributed by atoms with Crippen LogP contribution in [0.15, 0.2) is 59.7 Å². The van der Waals surface area contributed by atoms with Gasteiger partial charge in [-0.2, -0.15) is 14.9 Å². The SMILES string of the molecule is CC(C)(C)c1ccc(-c2n[nH]c(=S)n2/N=C\c2ccccc2)cc1. The summed E-state index contributed by atoms with van der Waals surface area (Å²) in [6.45, 7) is 6.59. The van der Waals surface area contributed by atoms with Crippen LogP contribution in [-0.2, 0) is 5.41 Å². The van der Waals surface area contributed by atoms with Crippen LogP contribution in [0.1, 0.15) is 31.9 Å². The highest BCUT2D eigenvalue weighted by Crippen LogP contribution is 2.25. The number of H-pyrrole nitrogens is 1. The van der Waals surface area contributed by atoms with Gasteiger partial charge >= 0.3 is 0 Å². The quantitative estimate of drug-likeness (QED) is 0.552. The van der Waals surface area contributed by atoms with Gasteiger partial charge in [-0.25, -0.2) is 5.10 Å². The molecule has 1 N–H and O–H groups in total. The van der Waals surface area contributed by atoms with Crippen molar-refractivity contribution >= 4 is 18.4 Å². The van der Waals surface area contributed by atoms with Gasteiger partial charge in [-0.1, -0.05) is 75.4 Å². The van der Waals surface area contributed by atoms with Crippen molar-refractivity contribution in [2.24, 2.45) is 5.10 Å². The second-order valence-electron chi connectivity index (χ2n) is 6.65. The third-order valence-corrected chi connectivity index (χ3v) is 4.05. The fraction of sp³-hybridized carbons (Fsp3) is 0.211. The van der Waals surface area contributed by atoms with Crippen molar-refractivity contribution in [1.29, 1.82) is 0 Å². The van der Waals surface area contributed by atoms with Crippen molar-refractivity contribution in [2.75, 3.05) is 0 Å². The Morgan fingerprint density at radius 2 is 1.71 bits per heavy atom. The molecular formula is C19H20N4S. The molecule has 0 aliphatic rings. The van der Waals surface area contributed by atoms with Crippen molar-refractivity contribution < 1.29 is 0 Å². The predicted molar refractivity (Wildman–Crippen MR) is 101 cm³/mol. The van der Waals surface area contributed by atoms with Crippen LogP contribution in [0.3, 0.4) is 0 Å². The van der Waals surface area contributed by atoms with Crippen LogP contribution in [0.25, 0.3) is 11.4 Å². The van der Waals surface area contributed by atoms with Crippen molar-refractivity contribution in [3.05, 3.63) is 70.5 Å². The molecule has 0 atom stereocenters. The predicted octanol–water partition coefficient (Wildman–Crippen LogP) is 4.79. The number of aromatic nitrogens is 3. The molecule has 0 saturated heterocycles. The molecule has 0 amide bonds. The average molecular weight is 336 g/mol. The van der Waals surface area contributed by atoms with Crippen LogP contribution in [-0.4, -0.2) is 21.1 Å². The maximum atomic E-state index is 5.30. The average Bonchev–Trinajstić information content (AvgIpc) is 2.94. The van der Waals surface area contributed by atoms with Gasteiger partial charge in [0.05, 0.1) is 6.21 Å². The molecule has 0 unspecified atom stereocenters. The molecule has 122 valence electrons. The van der Waals surface area contributed by atoms with Crippen molar-refractivity contribution in [2.45, 2.75) is 26.2 Å². The zero-order valence-electron chi connectivity index (χ0n) is 14.0. The molecule has 3 rings (SSSR count). The van der Waals surface area contributed by atoms with Crippen molar-refractivity contribution in [1.82, 2.24) is 14.9 Å². The summed E-state index contributed by atoms with van der Waals surface area (Å²) in [7, 11) is 0. The fourth-order valence-electron chi connectivity index (χ4n) is 2.37. The lowest BCUT2D eigenvalue weighted by Gasteiger charge is -2.18. The minimum atomic E-state index is 0.120. The Hall–Kier alpha value is -2.53. The highest BCUT2D eigenvalue weighted by molar-refractivity contribution is 7.71. The molecule has 0 aliphatic heterocycles. The fourth-order valence-corrected chi connectivity index (χ4v) is 2.55. The number of hydrogen-bond acceptors (Lipinski definition) is 3. The van der Waals surface area contributed by atoms with E-state index in [4.69, 9.17) is 12.2 Å². The van der Waals surface area contributed by atoms with E-state index in [1.54, 1.807) is 10.9 Å². The van der Waals surface area contributed by atoms with Crippen molar-refractivity contribution in [3.63, 3.8) is 0 Å². The number of aromatic amines is 1. The lowest BCUT2D eigenvalue weighted by Crippen LogP contribution is -2.10. The molecule has 1 heterocycles. The first kappa shape index (κ1) is 16.3. The third-order valence-electron chi connectivity index (χ3n) is 3.78. The largest absolute Gasteiger partial charge is 0.250 e. The Balaban J connectivity index is 1.96. The summed E-state index contributed by atoms with van der Waals surface area (Å²) in [5.74, 6) is 0.702. The summed E-state index contributed by atoms with van der Waals surface area (Å²) in [6.07, 6.45) is 1.78. The summed E-state index contributed by atoms with van der Waals surface area (Å²) < 4.78 is 2.12. The first-order valence-electron chi connectivity index (χ1n) is 7.83. The standard InChI is InChI=1S/C19H20N4S/c1-19(2,3)16-11-9-15(10-12-16)17-21-22-18(24)23(17)20-13-14-7-5-4-6-8-14/h4-13H,1-3H3,(H,22,24)/b20-13-. The van der Waals surface area contributed by atoms with E-state index >= 15 is 0 Å². The van der Waals surface area contributed by atoms with Crippen molar-refractivity contribution in [3.8, 4) is 11.4 Å². The normalized spacial score (nSPS) is 12.0. The van der Waals surface area contributed by atoms with Crippen LogP contribution >= 0.6 is 12.2 Å². The molecule has 0 saturated carbocycles. The molecule has 4 nitrogen and oxygen atoms in total. The minimum absolute atomic E-state index is 0.120. The van der Waals surface area contributed by atoms with E-state index in [2.05, 4.69) is 60.3 Å². The van der Waals surface area contributed by atoms with Gasteiger partial charge in [0.1, 0.15) is 0 Å². The van der Waals surface area contributed by atoms with Crippen LogP contribution in [0.4, 0.5) is 0 Å². The molecule has 24 heavy (non-hydrogen) atoms. The van der Waals surface area contributed by atoms with Gasteiger partial charge in [0.25, 0.3) is 0 Å². The second kappa shape index (κ2) is 6.53. The highest BCUT2D eigenvalue weighted by atomic mass is 32.1. The smallest absolute Gasteiger partial charge is 0.216 e. The second-order valence-corrected chi connectivity index (χ2v) is 7.03. The Kier molecular flexibility index (Phi) is 4.44. The van der Waals surface area contributed by atoms with E-state index in [0.717, 1.165) is 11.1 Å². The van der Waals surface area contributed by atoms with E-state index in [9.17, 15) is 0 Å². The molecule has 0 fully saturated rings. The third kappa shape index (κ3) is 3.51. The zero-order valence-corrected chi connectivity index (χ0v) is 14.8. The number of nitrogens with zero attached hydrogens (tertiary/aromatic N) is 3. The molecule has 1 aromatic heterocycles. The van der Waals surface area contributed by atoms with E-state index in [1.807, 2.05) is 30.3 Å². The van der Waals surface area contributed by atoms with Gasteiger partial charge < -0.3 is 0 Å². The monoisotopic (exact) mass is 336 g/mol. The lowest BCUT2D eigenvalue weighted by molar-refractivity contribution is 0.590. The zero-order chi connectivity index (χ0) is 17.2. The topological polar surface area (TPSA) is 46.0 Å². The Morgan fingerprint density at radius 3 is 2.33 bits per heavy atom. The summed E-state index contributed by atoms with van der Waals surface area (Å²) in [4.78, 5) is 0. The highest BCUT2D eigenvalue weighted by Gasteiger charge is 2.14. The van der Waals surface area contributed by atoms with Gasteiger partial charge in [-0.3, -0.25) is 0 Å². The molecular weight excluding hydrogens is 316 g/mol. The maximum Gasteiger partial charge on any atom is 0.216 e. The van der Waals surface area contributed by atoms with Gasteiger partial charge in [0, 0.05) is 5.56 Å². The van der Waals surface area contributed by atoms with Crippen LogP contribution in [0, 0.1) is 4.77 Å². The molecule has 0 aliphatic carbocycles. The van der Waals surface area contributed by atoms with Gasteiger partial charge in [0.2, 0.25) is 4.77 Å². The number of benzene rings is 2. The minimum Gasteiger partial charge on any atom is -0.250 e. The summed E-state index contributed by atoms with van der Waals surface area (Å²) >= 11 is 5.30. The number of nitrogens with one attached hydrogen (secondary N) is 1. The molecule has 3 aromatic rings. The van der Waals surface area contributed by atoms with Gasteiger partial charge in [0.15, 0.2) is 5.82 Å². The first-order valence-corrected chi connectivity index (χ1v) is 8.24. The Morgan fingerprint density at radius 1 is 1.04 bits per heavy atom. The van der Waals surface area contributed by atoms with E-state index in [0.29, 0.717) is 10.6 Å². The van der Waals surface area contributed by atoms with Crippen LogP contribution in [0.5, 0.6) is 0 Å². The molecule has 2 aromatic carbocycles. The lowest BCUT2D eigenvalue weighted by atomic mass is 9.87. The first-order chi connectivity index (χ1) is 11.4. The van der Waals surface area contributed by atoms with Crippen LogP contribution < -0.4 is 0 Å².